The molecule has 1 aromatic heterocycles. The highest BCUT2D eigenvalue weighted by atomic mass is 32.2. The Morgan fingerprint density at radius 3 is 2.94 bits per heavy atom. The highest BCUT2D eigenvalue weighted by molar-refractivity contribution is 8.13. The Morgan fingerprint density at radius 1 is 1.61 bits per heavy atom. The first-order chi connectivity index (χ1) is 8.50. The molecule has 1 aromatic rings. The molecular weight excluding hydrogens is 256 g/mol. The molecule has 7 heteroatoms. The van der Waals surface area contributed by atoms with E-state index in [4.69, 9.17) is 0 Å². The number of rotatable bonds is 5. The molecule has 1 N–H and O–H groups in total. The lowest BCUT2D eigenvalue weighted by molar-refractivity contribution is -0.386. The molecule has 0 spiro atoms. The predicted molar refractivity (Wildman–Crippen MR) is 70.5 cm³/mol. The zero-order valence-electron chi connectivity index (χ0n) is 9.71. The molecule has 0 radical (unpaired) electrons. The van der Waals surface area contributed by atoms with E-state index >= 15 is 0 Å². The van der Waals surface area contributed by atoms with E-state index in [1.165, 1.54) is 30.9 Å². The molecule has 1 rings (SSSR count). The SMILES string of the molecule is CC(=O)SCCC=Cc1c[nH]c(=O)c([N+](=O)[O-])c1. The lowest BCUT2D eigenvalue weighted by Gasteiger charge is -1.94. The smallest absolute Gasteiger partial charge is 0.323 e. The van der Waals surface area contributed by atoms with Gasteiger partial charge in [0.05, 0.1) is 4.92 Å². The van der Waals surface area contributed by atoms with Crippen LogP contribution in [0.2, 0.25) is 0 Å². The van der Waals surface area contributed by atoms with Crippen LogP contribution in [0.25, 0.3) is 6.08 Å². The number of carbonyl (C=O) groups excluding carboxylic acids is 1. The summed E-state index contributed by atoms with van der Waals surface area (Å²) in [5.41, 5.74) is -0.645. The Kier molecular flexibility index (Phi) is 5.31. The van der Waals surface area contributed by atoms with Gasteiger partial charge in [-0.1, -0.05) is 23.9 Å². The average molecular weight is 268 g/mol. The van der Waals surface area contributed by atoms with Gasteiger partial charge in [-0.3, -0.25) is 19.7 Å². The molecule has 0 saturated carbocycles. The van der Waals surface area contributed by atoms with Crippen LogP contribution in [0.1, 0.15) is 18.9 Å². The number of pyridine rings is 1. The van der Waals surface area contributed by atoms with Crippen LogP contribution in [0, 0.1) is 10.1 Å². The van der Waals surface area contributed by atoms with Gasteiger partial charge in [0.1, 0.15) is 0 Å². The number of hydrogen-bond donors (Lipinski definition) is 1. The van der Waals surface area contributed by atoms with E-state index in [9.17, 15) is 19.7 Å². The van der Waals surface area contributed by atoms with Crippen LogP contribution in [-0.4, -0.2) is 20.8 Å². The van der Waals surface area contributed by atoms with Gasteiger partial charge in [0.25, 0.3) is 0 Å². The van der Waals surface area contributed by atoms with Crippen LogP contribution < -0.4 is 5.56 Å². The highest BCUT2D eigenvalue weighted by Gasteiger charge is 2.11. The fourth-order valence-electron chi connectivity index (χ4n) is 1.21. The number of carbonyl (C=O) groups is 1. The van der Waals surface area contributed by atoms with Crippen molar-refractivity contribution in [3.05, 3.63) is 44.4 Å². The van der Waals surface area contributed by atoms with Gasteiger partial charge in [0.15, 0.2) is 5.12 Å². The molecule has 1 heterocycles. The number of H-pyrrole nitrogens is 1. The van der Waals surface area contributed by atoms with Gasteiger partial charge in [-0.15, -0.1) is 0 Å². The molecule has 18 heavy (non-hydrogen) atoms. The van der Waals surface area contributed by atoms with Crippen molar-refractivity contribution in [1.82, 2.24) is 4.98 Å². The van der Waals surface area contributed by atoms with Crippen LogP contribution in [0.15, 0.2) is 23.1 Å². The highest BCUT2D eigenvalue weighted by Crippen LogP contribution is 2.09. The summed E-state index contributed by atoms with van der Waals surface area (Å²) in [4.78, 5) is 33.9. The molecule has 6 nitrogen and oxygen atoms in total. The minimum atomic E-state index is -0.720. The van der Waals surface area contributed by atoms with E-state index in [1.807, 2.05) is 0 Å². The van der Waals surface area contributed by atoms with Crippen LogP contribution in [0.3, 0.4) is 0 Å². The van der Waals surface area contributed by atoms with Crippen LogP contribution in [-0.2, 0) is 4.79 Å². The van der Waals surface area contributed by atoms with Crippen LogP contribution in [0.4, 0.5) is 5.69 Å². The number of nitrogens with one attached hydrogen (secondary N) is 1. The van der Waals surface area contributed by atoms with Crippen molar-refractivity contribution < 1.29 is 9.72 Å². The van der Waals surface area contributed by atoms with Gasteiger partial charge < -0.3 is 4.98 Å². The summed E-state index contributed by atoms with van der Waals surface area (Å²) < 4.78 is 0. The molecule has 0 fully saturated rings. The van der Waals surface area contributed by atoms with Gasteiger partial charge in [-0.25, -0.2) is 0 Å². The minimum absolute atomic E-state index is 0.0584. The lowest BCUT2D eigenvalue weighted by Crippen LogP contribution is -2.10. The zero-order valence-corrected chi connectivity index (χ0v) is 10.5. The lowest BCUT2D eigenvalue weighted by atomic mass is 10.2. The average Bonchev–Trinajstić information content (AvgIpc) is 2.30. The molecule has 0 aliphatic rings. The summed E-state index contributed by atoms with van der Waals surface area (Å²) in [7, 11) is 0. The molecule has 0 saturated heterocycles. The Hall–Kier alpha value is -1.89. The largest absolute Gasteiger partial charge is 0.334 e. The van der Waals surface area contributed by atoms with Gasteiger partial charge in [0, 0.05) is 24.9 Å². The zero-order chi connectivity index (χ0) is 13.5. The molecule has 0 aliphatic heterocycles. The van der Waals surface area contributed by atoms with E-state index in [0.29, 0.717) is 17.7 Å². The van der Waals surface area contributed by atoms with E-state index in [-0.39, 0.29) is 5.12 Å². The third-order valence-corrected chi connectivity index (χ3v) is 2.85. The summed E-state index contributed by atoms with van der Waals surface area (Å²) in [5.74, 6) is 0.664. The van der Waals surface area contributed by atoms with Crippen LogP contribution >= 0.6 is 11.8 Å². The number of aromatic nitrogens is 1. The topological polar surface area (TPSA) is 93.1 Å². The molecule has 0 amide bonds. The second-order valence-electron chi connectivity index (χ2n) is 3.44. The van der Waals surface area contributed by atoms with Gasteiger partial charge >= 0.3 is 11.2 Å². The van der Waals surface area contributed by atoms with Crippen molar-refractivity contribution in [3.63, 3.8) is 0 Å². The Bertz CT molecular complexity index is 536. The summed E-state index contributed by atoms with van der Waals surface area (Å²) in [6, 6.07) is 1.22. The number of hydrogen-bond acceptors (Lipinski definition) is 5. The Morgan fingerprint density at radius 2 is 2.33 bits per heavy atom. The second-order valence-corrected chi connectivity index (χ2v) is 4.71. The number of aromatic amines is 1. The maximum Gasteiger partial charge on any atom is 0.334 e. The van der Waals surface area contributed by atoms with Gasteiger partial charge in [0.2, 0.25) is 0 Å². The summed E-state index contributed by atoms with van der Waals surface area (Å²) >= 11 is 1.22. The van der Waals surface area contributed by atoms with E-state index in [0.717, 1.165) is 0 Å². The minimum Gasteiger partial charge on any atom is -0.323 e. The standard InChI is InChI=1S/C11H12N2O4S/c1-8(14)18-5-3-2-4-9-6-10(13(16)17)11(15)12-7-9/h2,4,6-7H,3,5H2,1H3,(H,12,15). The first-order valence-electron chi connectivity index (χ1n) is 5.17. The first-order valence-corrected chi connectivity index (χ1v) is 6.16. The number of thioether (sulfide) groups is 1. The maximum atomic E-state index is 11.1. The number of nitro groups is 1. The van der Waals surface area contributed by atoms with Crippen molar-refractivity contribution >= 4 is 28.6 Å². The molecule has 96 valence electrons. The summed E-state index contributed by atoms with van der Waals surface area (Å²) in [5, 5.41) is 10.6. The first kappa shape index (κ1) is 14.2. The monoisotopic (exact) mass is 268 g/mol. The van der Waals surface area contributed by atoms with E-state index in [1.54, 1.807) is 12.2 Å². The Labute approximate surface area is 107 Å². The number of allylic oxidation sites excluding steroid dienone is 1. The molecule has 0 bridgehead atoms. The van der Waals surface area contributed by atoms with Gasteiger partial charge in [-0.2, -0.15) is 0 Å². The summed E-state index contributed by atoms with van der Waals surface area (Å²) in [6.07, 6.45) is 5.55. The van der Waals surface area contributed by atoms with Crippen molar-refractivity contribution in [3.8, 4) is 0 Å². The predicted octanol–water partition coefficient (Wildman–Crippen LogP) is 1.97. The fourth-order valence-corrected chi connectivity index (χ4v) is 1.75. The molecule has 0 unspecified atom stereocenters. The van der Waals surface area contributed by atoms with Crippen molar-refractivity contribution in [2.45, 2.75) is 13.3 Å². The molecule has 0 aliphatic carbocycles. The summed E-state index contributed by atoms with van der Waals surface area (Å²) in [6.45, 7) is 1.50. The van der Waals surface area contributed by atoms with Crippen molar-refractivity contribution in [2.24, 2.45) is 0 Å². The van der Waals surface area contributed by atoms with E-state index in [2.05, 4.69) is 4.98 Å². The number of nitrogens with zero attached hydrogens (tertiary/aromatic N) is 1. The third kappa shape index (κ3) is 4.54. The molecule has 0 aromatic carbocycles. The van der Waals surface area contributed by atoms with Crippen LogP contribution in [0.5, 0.6) is 0 Å². The quantitative estimate of drug-likeness (QED) is 0.500. The molecule has 0 atom stereocenters. The van der Waals surface area contributed by atoms with E-state index < -0.39 is 16.2 Å². The third-order valence-electron chi connectivity index (χ3n) is 2.00. The van der Waals surface area contributed by atoms with Crippen molar-refractivity contribution in [2.75, 3.05) is 5.75 Å². The molecular formula is C11H12N2O4S. The second kappa shape index (κ2) is 6.75. The Balaban J connectivity index is 2.65. The fraction of sp³-hybridized carbons (Fsp3) is 0.273. The van der Waals surface area contributed by atoms with Gasteiger partial charge in [-0.05, 0) is 12.0 Å². The maximum absolute atomic E-state index is 11.1. The normalized spacial score (nSPS) is 10.7. The van der Waals surface area contributed by atoms with Crippen molar-refractivity contribution in [1.29, 1.82) is 0 Å².